The summed E-state index contributed by atoms with van der Waals surface area (Å²) in [5.74, 6) is -0.867. The second kappa shape index (κ2) is 8.64. The number of carbonyl (C=O) groups is 2. The highest BCUT2D eigenvalue weighted by molar-refractivity contribution is 7.92. The lowest BCUT2D eigenvalue weighted by Gasteiger charge is -2.32. The number of carbonyl (C=O) groups excluding carboxylic acids is 2. The molecule has 0 fully saturated rings. The molecule has 0 bridgehead atoms. The Morgan fingerprint density at radius 2 is 1.69 bits per heavy atom. The predicted octanol–water partition coefficient (Wildman–Crippen LogP) is 3.83. The number of nitrogens with zero attached hydrogens (tertiary/aromatic N) is 2. The van der Waals surface area contributed by atoms with E-state index in [4.69, 9.17) is 11.6 Å². The minimum atomic E-state index is -4.09. The standard InChI is InChI=1S/C23H20ClN3O4S/c1-16-6-2-4-8-20(16)27(32(30,31)18-12-10-17(24)11-13-18)15-23(29)26-14-22(28)25-19-7-3-5-9-21(19)26/h2-13H,14-15H2,1H3,(H,25,28). The van der Waals surface area contributed by atoms with Crippen molar-refractivity contribution >= 4 is 50.5 Å². The fourth-order valence-electron chi connectivity index (χ4n) is 3.54. The van der Waals surface area contributed by atoms with E-state index in [1.165, 1.54) is 29.2 Å². The van der Waals surface area contributed by atoms with Crippen molar-refractivity contribution in [3.63, 3.8) is 0 Å². The predicted molar refractivity (Wildman–Crippen MR) is 125 cm³/mol. The zero-order chi connectivity index (χ0) is 22.9. The van der Waals surface area contributed by atoms with E-state index in [1.807, 2.05) is 0 Å². The zero-order valence-electron chi connectivity index (χ0n) is 17.2. The Kier molecular flexibility index (Phi) is 5.90. The van der Waals surface area contributed by atoms with E-state index < -0.39 is 22.5 Å². The van der Waals surface area contributed by atoms with Gasteiger partial charge in [-0.2, -0.15) is 0 Å². The lowest BCUT2D eigenvalue weighted by Crippen LogP contribution is -2.48. The van der Waals surface area contributed by atoms with E-state index in [0.717, 1.165) is 4.31 Å². The Morgan fingerprint density at radius 1 is 1.03 bits per heavy atom. The Labute approximate surface area is 191 Å². The molecule has 0 radical (unpaired) electrons. The minimum Gasteiger partial charge on any atom is -0.323 e. The Morgan fingerprint density at radius 3 is 2.41 bits per heavy atom. The van der Waals surface area contributed by atoms with Crippen LogP contribution in [0, 0.1) is 6.92 Å². The van der Waals surface area contributed by atoms with Crippen molar-refractivity contribution in [2.75, 3.05) is 27.6 Å². The molecule has 0 unspecified atom stereocenters. The molecule has 0 aromatic heterocycles. The van der Waals surface area contributed by atoms with Crippen LogP contribution in [0.25, 0.3) is 0 Å². The van der Waals surface area contributed by atoms with Gasteiger partial charge in [-0.05, 0) is 55.0 Å². The SMILES string of the molecule is Cc1ccccc1N(CC(=O)N1CC(=O)Nc2ccccc21)S(=O)(=O)c1ccc(Cl)cc1. The number of hydrogen-bond donors (Lipinski definition) is 1. The molecule has 3 aromatic rings. The van der Waals surface area contributed by atoms with Crippen molar-refractivity contribution in [2.24, 2.45) is 0 Å². The summed E-state index contributed by atoms with van der Waals surface area (Å²) in [6, 6.07) is 19.6. The second-order valence-electron chi connectivity index (χ2n) is 7.30. The first-order valence-electron chi connectivity index (χ1n) is 9.80. The molecule has 4 rings (SSSR count). The third-order valence-corrected chi connectivity index (χ3v) is 7.16. The van der Waals surface area contributed by atoms with Gasteiger partial charge in [-0.15, -0.1) is 0 Å². The number of aryl methyl sites for hydroxylation is 1. The molecule has 0 saturated carbocycles. The number of nitrogens with one attached hydrogen (secondary N) is 1. The molecule has 1 heterocycles. The van der Waals surface area contributed by atoms with E-state index >= 15 is 0 Å². The van der Waals surface area contributed by atoms with Gasteiger partial charge in [0.15, 0.2) is 0 Å². The number of anilines is 3. The number of fused-ring (bicyclic) bond motifs is 1. The fraction of sp³-hybridized carbons (Fsp3) is 0.130. The second-order valence-corrected chi connectivity index (χ2v) is 9.60. The monoisotopic (exact) mass is 469 g/mol. The minimum absolute atomic E-state index is 0.00902. The van der Waals surface area contributed by atoms with E-state index in [0.29, 0.717) is 27.6 Å². The molecule has 3 aromatic carbocycles. The van der Waals surface area contributed by atoms with Crippen LogP contribution in [-0.4, -0.2) is 33.3 Å². The summed E-state index contributed by atoms with van der Waals surface area (Å²) in [5, 5.41) is 3.12. The molecule has 1 aliphatic rings. The van der Waals surface area contributed by atoms with Crippen LogP contribution < -0.4 is 14.5 Å². The van der Waals surface area contributed by atoms with Gasteiger partial charge in [0, 0.05) is 5.02 Å². The molecule has 164 valence electrons. The molecule has 2 amide bonds. The lowest BCUT2D eigenvalue weighted by molar-refractivity contribution is -0.121. The molecule has 1 N–H and O–H groups in total. The van der Waals surface area contributed by atoms with Crippen LogP contribution in [0.1, 0.15) is 5.56 Å². The summed E-state index contributed by atoms with van der Waals surface area (Å²) in [5.41, 5.74) is 2.09. The number of amides is 2. The van der Waals surface area contributed by atoms with Crippen LogP contribution in [0.4, 0.5) is 17.1 Å². The topological polar surface area (TPSA) is 86.8 Å². The maximum absolute atomic E-state index is 13.6. The van der Waals surface area contributed by atoms with Crippen molar-refractivity contribution in [1.29, 1.82) is 0 Å². The van der Waals surface area contributed by atoms with E-state index in [-0.39, 0.29) is 17.3 Å². The highest BCUT2D eigenvalue weighted by Crippen LogP contribution is 2.31. The van der Waals surface area contributed by atoms with Gasteiger partial charge in [0.1, 0.15) is 13.1 Å². The van der Waals surface area contributed by atoms with Crippen LogP contribution in [0.2, 0.25) is 5.02 Å². The highest BCUT2D eigenvalue weighted by atomic mass is 35.5. The largest absolute Gasteiger partial charge is 0.323 e. The third kappa shape index (κ3) is 4.19. The van der Waals surface area contributed by atoms with Gasteiger partial charge >= 0.3 is 0 Å². The van der Waals surface area contributed by atoms with E-state index in [9.17, 15) is 18.0 Å². The van der Waals surface area contributed by atoms with Gasteiger partial charge in [-0.25, -0.2) is 8.42 Å². The molecular formula is C23H20ClN3O4S. The molecule has 0 atom stereocenters. The number of sulfonamides is 1. The Balaban J connectivity index is 1.75. The van der Waals surface area contributed by atoms with Crippen molar-refractivity contribution in [3.05, 3.63) is 83.4 Å². The molecule has 7 nitrogen and oxygen atoms in total. The van der Waals surface area contributed by atoms with Crippen LogP contribution in [0.5, 0.6) is 0 Å². The van der Waals surface area contributed by atoms with Crippen molar-refractivity contribution in [1.82, 2.24) is 0 Å². The van der Waals surface area contributed by atoms with Crippen LogP contribution in [0.15, 0.2) is 77.7 Å². The molecule has 9 heteroatoms. The van der Waals surface area contributed by atoms with Gasteiger partial charge in [0.05, 0.1) is 22.0 Å². The number of para-hydroxylation sites is 3. The van der Waals surface area contributed by atoms with Crippen LogP contribution >= 0.6 is 11.6 Å². The van der Waals surface area contributed by atoms with Gasteiger partial charge < -0.3 is 5.32 Å². The number of hydrogen-bond acceptors (Lipinski definition) is 4. The van der Waals surface area contributed by atoms with Crippen molar-refractivity contribution in [3.8, 4) is 0 Å². The van der Waals surface area contributed by atoms with Gasteiger partial charge in [0.2, 0.25) is 11.8 Å². The summed E-state index contributed by atoms with van der Waals surface area (Å²) in [7, 11) is -4.09. The van der Waals surface area contributed by atoms with E-state index in [1.54, 1.807) is 55.5 Å². The molecular weight excluding hydrogens is 450 g/mol. The van der Waals surface area contributed by atoms with E-state index in [2.05, 4.69) is 5.32 Å². The quantitative estimate of drug-likeness (QED) is 0.615. The molecule has 0 aliphatic carbocycles. The maximum Gasteiger partial charge on any atom is 0.264 e. The first kappa shape index (κ1) is 21.9. The molecule has 0 saturated heterocycles. The van der Waals surface area contributed by atoms with Crippen molar-refractivity contribution < 1.29 is 18.0 Å². The van der Waals surface area contributed by atoms with Gasteiger partial charge in [-0.3, -0.25) is 18.8 Å². The number of halogens is 1. The van der Waals surface area contributed by atoms with Crippen LogP contribution in [-0.2, 0) is 19.6 Å². The molecule has 1 aliphatic heterocycles. The first-order chi connectivity index (χ1) is 15.3. The Bertz CT molecular complexity index is 1290. The zero-order valence-corrected chi connectivity index (χ0v) is 18.7. The molecule has 0 spiro atoms. The number of benzene rings is 3. The average Bonchev–Trinajstić information content (AvgIpc) is 2.77. The average molecular weight is 470 g/mol. The summed E-state index contributed by atoms with van der Waals surface area (Å²) in [6.45, 7) is 1.10. The maximum atomic E-state index is 13.6. The normalized spacial score (nSPS) is 13.3. The summed E-state index contributed by atoms with van der Waals surface area (Å²) in [6.07, 6.45) is 0. The van der Waals surface area contributed by atoms with Gasteiger partial charge in [-0.1, -0.05) is 41.9 Å². The summed E-state index contributed by atoms with van der Waals surface area (Å²) in [4.78, 5) is 26.8. The van der Waals surface area contributed by atoms with Gasteiger partial charge in [0.25, 0.3) is 10.0 Å². The lowest BCUT2D eigenvalue weighted by atomic mass is 10.2. The smallest absolute Gasteiger partial charge is 0.264 e. The Hall–Kier alpha value is -3.36. The van der Waals surface area contributed by atoms with Crippen LogP contribution in [0.3, 0.4) is 0 Å². The number of rotatable bonds is 5. The first-order valence-corrected chi connectivity index (χ1v) is 11.6. The summed E-state index contributed by atoms with van der Waals surface area (Å²) >= 11 is 5.92. The molecule has 32 heavy (non-hydrogen) atoms. The third-order valence-electron chi connectivity index (χ3n) is 5.14. The summed E-state index contributed by atoms with van der Waals surface area (Å²) < 4.78 is 28.2. The van der Waals surface area contributed by atoms with Crippen molar-refractivity contribution in [2.45, 2.75) is 11.8 Å². The highest BCUT2D eigenvalue weighted by Gasteiger charge is 2.33. The fourth-order valence-corrected chi connectivity index (χ4v) is 5.15.